The van der Waals surface area contributed by atoms with Gasteiger partial charge in [-0.05, 0) is 31.5 Å². The fourth-order valence-corrected chi connectivity index (χ4v) is 1.83. The molecule has 1 heterocycles. The molecule has 0 aliphatic rings. The number of carbonyl (C=O) groups is 1. The van der Waals surface area contributed by atoms with Crippen molar-refractivity contribution < 1.29 is 4.79 Å². The van der Waals surface area contributed by atoms with Gasteiger partial charge in [-0.2, -0.15) is 0 Å². The summed E-state index contributed by atoms with van der Waals surface area (Å²) < 4.78 is 0. The number of nitrogens with one attached hydrogen (secondary N) is 2. The van der Waals surface area contributed by atoms with Gasteiger partial charge in [0.05, 0.1) is 12.4 Å². The zero-order valence-corrected chi connectivity index (χ0v) is 12.0. The van der Waals surface area contributed by atoms with Crippen LogP contribution in [0.5, 0.6) is 0 Å². The Balaban J connectivity index is 2.19. The van der Waals surface area contributed by atoms with Crippen molar-refractivity contribution >= 4 is 29.0 Å². The number of benzene rings is 1. The zero-order valence-electron chi connectivity index (χ0n) is 11.3. The molecule has 1 aromatic carbocycles. The number of aryl methyl sites for hydroxylation is 1. The number of hydrogen-bond donors (Lipinski definition) is 2. The van der Waals surface area contributed by atoms with Crippen LogP contribution in [0.2, 0.25) is 5.02 Å². The number of amides is 1. The average molecular weight is 291 g/mol. The van der Waals surface area contributed by atoms with Crippen molar-refractivity contribution in [3.63, 3.8) is 0 Å². The molecule has 0 radical (unpaired) electrons. The van der Waals surface area contributed by atoms with Crippen molar-refractivity contribution in [3.8, 4) is 0 Å². The molecule has 104 valence electrons. The predicted molar refractivity (Wildman–Crippen MR) is 80.3 cm³/mol. The number of carbonyl (C=O) groups excluding carboxylic acids is 1. The summed E-state index contributed by atoms with van der Waals surface area (Å²) in [6.45, 7) is 4.56. The van der Waals surface area contributed by atoms with Gasteiger partial charge in [0.15, 0.2) is 0 Å². The fraction of sp³-hybridized carbons (Fsp3) is 0.214. The molecule has 0 saturated heterocycles. The third-order valence-electron chi connectivity index (χ3n) is 2.67. The lowest BCUT2D eigenvalue weighted by atomic mass is 10.2. The summed E-state index contributed by atoms with van der Waals surface area (Å²) in [5.41, 5.74) is 1.85. The van der Waals surface area contributed by atoms with E-state index in [1.165, 1.54) is 6.20 Å². The number of anilines is 2. The van der Waals surface area contributed by atoms with Crippen molar-refractivity contribution in [2.45, 2.75) is 13.8 Å². The normalized spacial score (nSPS) is 10.2. The summed E-state index contributed by atoms with van der Waals surface area (Å²) in [4.78, 5) is 20.3. The van der Waals surface area contributed by atoms with Crippen molar-refractivity contribution in [2.75, 3.05) is 17.2 Å². The Bertz CT molecular complexity index is 630. The first-order valence-electron chi connectivity index (χ1n) is 6.23. The van der Waals surface area contributed by atoms with Crippen LogP contribution in [0.25, 0.3) is 0 Å². The lowest BCUT2D eigenvalue weighted by Gasteiger charge is -2.09. The van der Waals surface area contributed by atoms with Crippen molar-refractivity contribution in [1.29, 1.82) is 0 Å². The van der Waals surface area contributed by atoms with Crippen LogP contribution in [-0.2, 0) is 0 Å². The highest BCUT2D eigenvalue weighted by Crippen LogP contribution is 2.20. The lowest BCUT2D eigenvalue weighted by molar-refractivity contribution is 0.102. The molecule has 1 amide bonds. The molecule has 0 aliphatic carbocycles. The standard InChI is InChI=1S/C14H15ClN4O/c1-3-17-13-8-16-7-12(18-13)14(20)19-11-6-10(15)5-4-9(11)2/h4-8H,3H2,1-2H3,(H,17,18)(H,19,20). The monoisotopic (exact) mass is 290 g/mol. The Morgan fingerprint density at radius 3 is 2.90 bits per heavy atom. The van der Waals surface area contributed by atoms with E-state index in [9.17, 15) is 4.79 Å². The maximum absolute atomic E-state index is 12.1. The Morgan fingerprint density at radius 2 is 2.15 bits per heavy atom. The maximum Gasteiger partial charge on any atom is 0.275 e. The first-order valence-corrected chi connectivity index (χ1v) is 6.61. The van der Waals surface area contributed by atoms with E-state index in [2.05, 4.69) is 20.6 Å². The minimum atomic E-state index is -0.317. The third-order valence-corrected chi connectivity index (χ3v) is 2.91. The molecule has 20 heavy (non-hydrogen) atoms. The van der Waals surface area contributed by atoms with Gasteiger partial charge in [-0.25, -0.2) is 4.98 Å². The highest BCUT2D eigenvalue weighted by atomic mass is 35.5. The van der Waals surface area contributed by atoms with Gasteiger partial charge in [0.25, 0.3) is 5.91 Å². The number of nitrogens with zero attached hydrogens (tertiary/aromatic N) is 2. The van der Waals surface area contributed by atoms with Crippen molar-refractivity contribution in [3.05, 3.63) is 46.9 Å². The molecule has 0 atom stereocenters. The molecule has 5 nitrogen and oxygen atoms in total. The van der Waals surface area contributed by atoms with E-state index in [1.54, 1.807) is 18.3 Å². The second-order valence-corrected chi connectivity index (χ2v) is 4.67. The predicted octanol–water partition coefficient (Wildman–Crippen LogP) is 3.12. The molecule has 2 aromatic rings. The van der Waals surface area contributed by atoms with Crippen LogP contribution in [0.4, 0.5) is 11.5 Å². The number of halogens is 1. The third kappa shape index (κ3) is 3.45. The van der Waals surface area contributed by atoms with Crippen LogP contribution < -0.4 is 10.6 Å². The second kappa shape index (κ2) is 6.34. The van der Waals surface area contributed by atoms with E-state index in [1.807, 2.05) is 19.9 Å². The summed E-state index contributed by atoms with van der Waals surface area (Å²) in [5, 5.41) is 6.36. The molecular formula is C14H15ClN4O. The molecule has 2 rings (SSSR count). The molecule has 0 fully saturated rings. The molecular weight excluding hydrogens is 276 g/mol. The highest BCUT2D eigenvalue weighted by molar-refractivity contribution is 6.31. The van der Waals surface area contributed by atoms with Crippen LogP contribution in [0, 0.1) is 6.92 Å². The maximum atomic E-state index is 12.1. The van der Waals surface area contributed by atoms with E-state index in [0.717, 1.165) is 5.56 Å². The van der Waals surface area contributed by atoms with Crippen LogP contribution >= 0.6 is 11.6 Å². The Morgan fingerprint density at radius 1 is 1.35 bits per heavy atom. The fourth-order valence-electron chi connectivity index (χ4n) is 1.66. The second-order valence-electron chi connectivity index (χ2n) is 4.23. The summed E-state index contributed by atoms with van der Waals surface area (Å²) >= 11 is 5.92. The van der Waals surface area contributed by atoms with Crippen molar-refractivity contribution in [2.24, 2.45) is 0 Å². The minimum absolute atomic E-state index is 0.253. The number of rotatable bonds is 4. The Labute approximate surface area is 122 Å². The largest absolute Gasteiger partial charge is 0.369 e. The minimum Gasteiger partial charge on any atom is -0.369 e. The Hall–Kier alpha value is -2.14. The summed E-state index contributed by atoms with van der Waals surface area (Å²) in [7, 11) is 0. The van der Waals surface area contributed by atoms with E-state index in [-0.39, 0.29) is 11.6 Å². The van der Waals surface area contributed by atoms with Gasteiger partial charge >= 0.3 is 0 Å². The van der Waals surface area contributed by atoms with Crippen molar-refractivity contribution in [1.82, 2.24) is 9.97 Å². The molecule has 0 bridgehead atoms. The summed E-state index contributed by atoms with van der Waals surface area (Å²) in [5.74, 6) is 0.255. The van der Waals surface area contributed by atoms with Crippen LogP contribution in [0.1, 0.15) is 23.0 Å². The van der Waals surface area contributed by atoms with Crippen LogP contribution in [-0.4, -0.2) is 22.4 Å². The van der Waals surface area contributed by atoms with E-state index in [0.29, 0.717) is 23.1 Å². The van der Waals surface area contributed by atoms with Gasteiger partial charge < -0.3 is 10.6 Å². The van der Waals surface area contributed by atoms with Gasteiger partial charge in [-0.15, -0.1) is 0 Å². The molecule has 0 saturated carbocycles. The van der Waals surface area contributed by atoms with E-state index in [4.69, 9.17) is 11.6 Å². The summed E-state index contributed by atoms with van der Waals surface area (Å²) in [6, 6.07) is 5.33. The number of hydrogen-bond acceptors (Lipinski definition) is 4. The summed E-state index contributed by atoms with van der Waals surface area (Å²) in [6.07, 6.45) is 3.00. The molecule has 6 heteroatoms. The molecule has 2 N–H and O–H groups in total. The van der Waals surface area contributed by atoms with Gasteiger partial charge in [0.2, 0.25) is 0 Å². The zero-order chi connectivity index (χ0) is 14.5. The SMILES string of the molecule is CCNc1cncc(C(=O)Nc2cc(Cl)ccc2C)n1. The lowest BCUT2D eigenvalue weighted by Crippen LogP contribution is -2.15. The van der Waals surface area contributed by atoms with Gasteiger partial charge in [-0.1, -0.05) is 17.7 Å². The first kappa shape index (κ1) is 14.3. The first-order chi connectivity index (χ1) is 9.60. The van der Waals surface area contributed by atoms with Gasteiger partial charge in [0.1, 0.15) is 11.5 Å². The quantitative estimate of drug-likeness (QED) is 0.908. The topological polar surface area (TPSA) is 66.9 Å². The van der Waals surface area contributed by atoms with Crippen LogP contribution in [0.3, 0.4) is 0 Å². The molecule has 0 aliphatic heterocycles. The van der Waals surface area contributed by atoms with Crippen LogP contribution in [0.15, 0.2) is 30.6 Å². The van der Waals surface area contributed by atoms with Gasteiger partial charge in [-0.3, -0.25) is 9.78 Å². The molecule has 0 spiro atoms. The number of aromatic nitrogens is 2. The van der Waals surface area contributed by atoms with E-state index < -0.39 is 0 Å². The molecule has 1 aromatic heterocycles. The average Bonchev–Trinajstić information content (AvgIpc) is 2.43. The Kier molecular flexibility index (Phi) is 4.53. The van der Waals surface area contributed by atoms with Gasteiger partial charge in [0, 0.05) is 17.3 Å². The smallest absolute Gasteiger partial charge is 0.275 e. The van der Waals surface area contributed by atoms with E-state index >= 15 is 0 Å². The molecule has 0 unspecified atom stereocenters. The highest BCUT2D eigenvalue weighted by Gasteiger charge is 2.10.